The lowest BCUT2D eigenvalue weighted by Crippen LogP contribution is -2.11. The predicted molar refractivity (Wildman–Crippen MR) is 51.7 cm³/mol. The van der Waals surface area contributed by atoms with Crippen LogP contribution in [0.2, 0.25) is 0 Å². The second kappa shape index (κ2) is 3.82. The van der Waals surface area contributed by atoms with Crippen molar-refractivity contribution in [1.29, 1.82) is 0 Å². The molecule has 7 nitrogen and oxygen atoms in total. The van der Waals surface area contributed by atoms with E-state index in [-0.39, 0.29) is 5.91 Å². The topological polar surface area (TPSA) is 95.7 Å². The fourth-order valence-electron chi connectivity index (χ4n) is 1.09. The van der Waals surface area contributed by atoms with Crippen molar-refractivity contribution in [2.75, 3.05) is 12.4 Å². The summed E-state index contributed by atoms with van der Waals surface area (Å²) in [6.07, 6.45) is 4.40. The van der Waals surface area contributed by atoms with E-state index >= 15 is 0 Å². The Morgan fingerprint density at radius 2 is 2.33 bits per heavy atom. The van der Waals surface area contributed by atoms with Gasteiger partial charge in [-0.15, -0.1) is 0 Å². The molecule has 15 heavy (non-hydrogen) atoms. The van der Waals surface area contributed by atoms with Crippen molar-refractivity contribution in [2.45, 2.75) is 0 Å². The number of ether oxygens (including phenoxy) is 1. The number of H-pyrrole nitrogens is 2. The third kappa shape index (κ3) is 1.80. The van der Waals surface area contributed by atoms with Gasteiger partial charge in [0, 0.05) is 6.20 Å². The van der Waals surface area contributed by atoms with E-state index in [1.165, 1.54) is 25.7 Å². The van der Waals surface area contributed by atoms with Gasteiger partial charge in [-0.2, -0.15) is 10.2 Å². The summed E-state index contributed by atoms with van der Waals surface area (Å²) >= 11 is 0. The smallest absolute Gasteiger partial charge is 0.259 e. The van der Waals surface area contributed by atoms with Crippen LogP contribution in [0, 0.1) is 0 Å². The van der Waals surface area contributed by atoms with Crippen LogP contribution in [0.4, 0.5) is 5.69 Å². The Labute approximate surface area is 84.8 Å². The molecule has 0 aliphatic carbocycles. The maximum absolute atomic E-state index is 11.6. The molecule has 3 N–H and O–H groups in total. The number of nitrogens with one attached hydrogen (secondary N) is 3. The van der Waals surface area contributed by atoms with Gasteiger partial charge in [-0.1, -0.05) is 0 Å². The molecule has 0 bridgehead atoms. The van der Waals surface area contributed by atoms with Crippen molar-refractivity contribution in [2.24, 2.45) is 0 Å². The van der Waals surface area contributed by atoms with Crippen molar-refractivity contribution >= 4 is 11.6 Å². The molecule has 1 amide bonds. The van der Waals surface area contributed by atoms with Gasteiger partial charge in [0.1, 0.15) is 5.69 Å². The van der Waals surface area contributed by atoms with Crippen LogP contribution in [0.5, 0.6) is 5.88 Å². The highest BCUT2D eigenvalue weighted by Crippen LogP contribution is 2.19. The first-order valence-corrected chi connectivity index (χ1v) is 4.18. The number of anilines is 1. The monoisotopic (exact) mass is 207 g/mol. The summed E-state index contributed by atoms with van der Waals surface area (Å²) in [5.41, 5.74) is 0.932. The van der Waals surface area contributed by atoms with Gasteiger partial charge in [0.05, 0.1) is 25.1 Å². The van der Waals surface area contributed by atoms with Gasteiger partial charge in [-0.3, -0.25) is 9.89 Å². The maximum atomic E-state index is 11.6. The summed E-state index contributed by atoms with van der Waals surface area (Å²) in [5.74, 6) is 0.135. The van der Waals surface area contributed by atoms with Crippen molar-refractivity contribution in [3.63, 3.8) is 0 Å². The fraction of sp³-hybridized carbons (Fsp3) is 0.125. The van der Waals surface area contributed by atoms with E-state index in [2.05, 4.69) is 25.7 Å². The highest BCUT2D eigenvalue weighted by molar-refractivity contribution is 6.04. The van der Waals surface area contributed by atoms with Crippen LogP contribution in [0.15, 0.2) is 18.6 Å². The summed E-state index contributed by atoms with van der Waals surface area (Å²) in [6.45, 7) is 0. The summed E-state index contributed by atoms with van der Waals surface area (Å²) in [4.78, 5) is 11.6. The number of methoxy groups -OCH3 is 1. The molecule has 2 rings (SSSR count). The molecule has 0 radical (unpaired) electrons. The average Bonchev–Trinajstić information content (AvgIpc) is 2.87. The molecule has 7 heteroatoms. The maximum Gasteiger partial charge on any atom is 0.259 e. The molecule has 2 aromatic heterocycles. The molecule has 2 heterocycles. The molecule has 0 saturated carbocycles. The molecule has 0 aliphatic rings. The van der Waals surface area contributed by atoms with E-state index in [9.17, 15) is 4.79 Å². The van der Waals surface area contributed by atoms with Gasteiger partial charge in [0.25, 0.3) is 5.91 Å². The van der Waals surface area contributed by atoms with Crippen LogP contribution < -0.4 is 10.1 Å². The quantitative estimate of drug-likeness (QED) is 0.678. The fourth-order valence-corrected chi connectivity index (χ4v) is 1.09. The van der Waals surface area contributed by atoms with Crippen LogP contribution >= 0.6 is 0 Å². The number of carbonyl (C=O) groups excluding carboxylic acids is 1. The number of hydrogen-bond acceptors (Lipinski definition) is 4. The first-order chi connectivity index (χ1) is 7.31. The van der Waals surface area contributed by atoms with Crippen LogP contribution in [-0.4, -0.2) is 33.4 Å². The largest absolute Gasteiger partial charge is 0.480 e. The molecule has 0 saturated heterocycles. The average molecular weight is 207 g/mol. The molecule has 2 aromatic rings. The number of aromatic amines is 2. The second-order valence-electron chi connectivity index (χ2n) is 2.76. The Hall–Kier alpha value is -2.31. The van der Waals surface area contributed by atoms with Crippen molar-refractivity contribution < 1.29 is 9.53 Å². The number of amides is 1. The van der Waals surface area contributed by atoms with Gasteiger partial charge >= 0.3 is 0 Å². The molecule has 0 aromatic carbocycles. The van der Waals surface area contributed by atoms with Crippen molar-refractivity contribution in [3.8, 4) is 5.88 Å². The molecule has 0 spiro atoms. The number of carbonyl (C=O) groups is 1. The van der Waals surface area contributed by atoms with Crippen LogP contribution in [-0.2, 0) is 0 Å². The zero-order chi connectivity index (χ0) is 10.7. The summed E-state index contributed by atoms with van der Waals surface area (Å²) < 4.78 is 4.95. The van der Waals surface area contributed by atoms with E-state index in [1.54, 1.807) is 0 Å². The lowest BCUT2D eigenvalue weighted by Gasteiger charge is -2.02. The first-order valence-electron chi connectivity index (χ1n) is 4.18. The molecular weight excluding hydrogens is 198 g/mol. The minimum atomic E-state index is -0.275. The minimum absolute atomic E-state index is 0.275. The number of nitrogens with zero attached hydrogens (tertiary/aromatic N) is 2. The van der Waals surface area contributed by atoms with E-state index in [1.807, 2.05) is 0 Å². The van der Waals surface area contributed by atoms with Gasteiger partial charge in [-0.05, 0) is 0 Å². The van der Waals surface area contributed by atoms with Crippen LogP contribution in [0.1, 0.15) is 10.4 Å². The highest BCUT2D eigenvalue weighted by Gasteiger charge is 2.11. The summed E-state index contributed by atoms with van der Waals surface area (Å²) in [7, 11) is 1.49. The molecule has 78 valence electrons. The van der Waals surface area contributed by atoms with E-state index in [0.717, 1.165) is 0 Å². The number of rotatable bonds is 3. The van der Waals surface area contributed by atoms with Crippen molar-refractivity contribution in [1.82, 2.24) is 20.4 Å². The Balaban J connectivity index is 2.13. The predicted octanol–water partition coefficient (Wildman–Crippen LogP) is 0.394. The first kappa shape index (κ1) is 9.25. The SMILES string of the molecule is COc1[nH]ncc1NC(=O)c1cn[nH]c1. The zero-order valence-corrected chi connectivity index (χ0v) is 7.94. The Bertz CT molecular complexity index is 447. The van der Waals surface area contributed by atoms with E-state index < -0.39 is 0 Å². The van der Waals surface area contributed by atoms with E-state index in [4.69, 9.17) is 4.74 Å². The van der Waals surface area contributed by atoms with Crippen LogP contribution in [0.25, 0.3) is 0 Å². The lowest BCUT2D eigenvalue weighted by atomic mass is 10.3. The second-order valence-corrected chi connectivity index (χ2v) is 2.76. The van der Waals surface area contributed by atoms with Gasteiger partial charge in [0.15, 0.2) is 0 Å². The van der Waals surface area contributed by atoms with Crippen LogP contribution in [0.3, 0.4) is 0 Å². The summed E-state index contributed by atoms with van der Waals surface area (Å²) in [6, 6.07) is 0. The number of aromatic nitrogens is 4. The minimum Gasteiger partial charge on any atom is -0.480 e. The van der Waals surface area contributed by atoms with Crippen molar-refractivity contribution in [3.05, 3.63) is 24.2 Å². The summed E-state index contributed by atoms with van der Waals surface area (Å²) in [5, 5.41) is 15.2. The Morgan fingerprint density at radius 3 is 3.00 bits per heavy atom. The standard InChI is InChI=1S/C8H9N5O2/c1-15-8-6(4-11-13-8)12-7(14)5-2-9-10-3-5/h2-4H,1H3,(H,9,10)(H,11,13)(H,12,14). The molecular formula is C8H9N5O2. The molecule has 0 atom stereocenters. The van der Waals surface area contributed by atoms with Gasteiger partial charge in [0.2, 0.25) is 5.88 Å². The highest BCUT2D eigenvalue weighted by atomic mass is 16.5. The third-order valence-corrected chi connectivity index (χ3v) is 1.82. The Kier molecular flexibility index (Phi) is 2.36. The molecule has 0 unspecified atom stereocenters. The lowest BCUT2D eigenvalue weighted by molar-refractivity contribution is 0.102. The molecule has 0 aliphatic heterocycles. The Morgan fingerprint density at radius 1 is 1.47 bits per heavy atom. The van der Waals surface area contributed by atoms with Gasteiger partial charge < -0.3 is 10.1 Å². The number of hydrogen-bond donors (Lipinski definition) is 3. The van der Waals surface area contributed by atoms with E-state index in [0.29, 0.717) is 17.1 Å². The molecule has 0 fully saturated rings. The normalized spacial score (nSPS) is 9.93. The van der Waals surface area contributed by atoms with Gasteiger partial charge in [-0.25, -0.2) is 5.10 Å². The zero-order valence-electron chi connectivity index (χ0n) is 7.94. The third-order valence-electron chi connectivity index (χ3n) is 1.82.